The van der Waals surface area contributed by atoms with Crippen LogP contribution in [0.25, 0.3) is 0 Å². The third kappa shape index (κ3) is 1.39. The summed E-state index contributed by atoms with van der Waals surface area (Å²) in [6, 6.07) is 0. The van der Waals surface area contributed by atoms with E-state index in [0.717, 1.165) is 0 Å². The first-order chi connectivity index (χ1) is 7.44. The summed E-state index contributed by atoms with van der Waals surface area (Å²) in [5.41, 5.74) is 5.78. The van der Waals surface area contributed by atoms with Gasteiger partial charge < -0.3 is 10.4 Å². The molecule has 0 aromatic carbocycles. The number of carboxylic acids is 1. The molecule has 2 aliphatic heterocycles. The lowest BCUT2D eigenvalue weighted by Crippen LogP contribution is -2.65. The molecule has 2 aliphatic rings. The number of fused-ring (bicyclic) bond motifs is 1. The molecule has 0 spiro atoms. The topological polar surface area (TPSA) is 130 Å². The third-order valence-electron chi connectivity index (χ3n) is 2.43. The van der Waals surface area contributed by atoms with Crippen LogP contribution < -0.4 is 11.1 Å². The highest BCUT2D eigenvalue weighted by Gasteiger charge is 2.44. The Bertz CT molecular complexity index is 466. The van der Waals surface area contributed by atoms with Crippen LogP contribution in [-0.2, 0) is 9.59 Å². The summed E-state index contributed by atoms with van der Waals surface area (Å²) in [4.78, 5) is 33.7. The molecule has 0 fully saturated rings. The number of aliphatic carboxylic acids is 1. The molecule has 8 heteroatoms. The summed E-state index contributed by atoms with van der Waals surface area (Å²) in [7, 11) is 0. The SMILES string of the molecule is CC(C(=O)O)C1(N)N=C2N=CN=C2C(=O)N1. The fraction of sp³-hybridized carbons (Fsp3) is 0.375. The van der Waals surface area contributed by atoms with Gasteiger partial charge >= 0.3 is 5.97 Å². The van der Waals surface area contributed by atoms with E-state index >= 15 is 0 Å². The summed E-state index contributed by atoms with van der Waals surface area (Å²) < 4.78 is 0. The molecule has 0 radical (unpaired) electrons. The van der Waals surface area contributed by atoms with E-state index in [1.165, 1.54) is 13.3 Å². The largest absolute Gasteiger partial charge is 0.481 e. The number of hydrogen-bond acceptors (Lipinski definition) is 6. The smallest absolute Gasteiger partial charge is 0.312 e. The van der Waals surface area contributed by atoms with Crippen LogP contribution in [0, 0.1) is 5.92 Å². The molecule has 8 nitrogen and oxygen atoms in total. The van der Waals surface area contributed by atoms with Crippen molar-refractivity contribution in [2.75, 3.05) is 0 Å². The van der Waals surface area contributed by atoms with Gasteiger partial charge in [-0.3, -0.25) is 15.3 Å². The Hall–Kier alpha value is -2.09. The molecule has 4 N–H and O–H groups in total. The fourth-order valence-corrected chi connectivity index (χ4v) is 1.34. The average molecular weight is 223 g/mol. The van der Waals surface area contributed by atoms with Crippen LogP contribution in [0.15, 0.2) is 15.0 Å². The van der Waals surface area contributed by atoms with Crippen molar-refractivity contribution >= 4 is 29.8 Å². The maximum atomic E-state index is 11.5. The zero-order valence-electron chi connectivity index (χ0n) is 8.34. The molecule has 2 heterocycles. The van der Waals surface area contributed by atoms with Crippen molar-refractivity contribution in [2.24, 2.45) is 26.6 Å². The lowest BCUT2D eigenvalue weighted by Gasteiger charge is -2.32. The summed E-state index contributed by atoms with van der Waals surface area (Å²) in [5.74, 6) is -4.41. The van der Waals surface area contributed by atoms with Gasteiger partial charge in [-0.1, -0.05) is 0 Å². The maximum Gasteiger partial charge on any atom is 0.312 e. The lowest BCUT2D eigenvalue weighted by molar-refractivity contribution is -0.144. The number of carboxylic acid groups (broad SMARTS) is 1. The third-order valence-corrected chi connectivity index (χ3v) is 2.43. The molecular weight excluding hydrogens is 214 g/mol. The molecular formula is C8H9N5O3. The van der Waals surface area contributed by atoms with Gasteiger partial charge in [0, 0.05) is 0 Å². The summed E-state index contributed by atoms with van der Waals surface area (Å²) >= 11 is 0. The minimum absolute atomic E-state index is 0.0543. The fourth-order valence-electron chi connectivity index (χ4n) is 1.34. The number of nitrogens with two attached hydrogens (primary N) is 1. The first-order valence-electron chi connectivity index (χ1n) is 4.49. The standard InChI is InChI=1S/C8H9N5O3/c1-3(7(15)16)8(9)12-5-4(6(14)13-8)10-2-11-5/h2-3H,9H2,1H3,(H,13,14)(H,15,16). The highest BCUT2D eigenvalue weighted by molar-refractivity contribution is 6.69. The van der Waals surface area contributed by atoms with E-state index in [1.54, 1.807) is 0 Å². The van der Waals surface area contributed by atoms with E-state index in [1.807, 2.05) is 0 Å². The summed E-state index contributed by atoms with van der Waals surface area (Å²) in [5, 5.41) is 11.2. The first-order valence-corrected chi connectivity index (χ1v) is 4.49. The van der Waals surface area contributed by atoms with Crippen LogP contribution >= 0.6 is 0 Å². The highest BCUT2D eigenvalue weighted by Crippen LogP contribution is 2.18. The monoisotopic (exact) mass is 223 g/mol. The molecule has 84 valence electrons. The predicted molar refractivity (Wildman–Crippen MR) is 55.2 cm³/mol. The van der Waals surface area contributed by atoms with Gasteiger partial charge in [0.15, 0.2) is 17.3 Å². The van der Waals surface area contributed by atoms with Crippen LogP contribution in [-0.4, -0.2) is 40.7 Å². The molecule has 2 atom stereocenters. The van der Waals surface area contributed by atoms with Crippen molar-refractivity contribution in [3.05, 3.63) is 0 Å². The number of amidine groups is 1. The Labute approximate surface area is 90.0 Å². The Morgan fingerprint density at radius 2 is 2.38 bits per heavy atom. The van der Waals surface area contributed by atoms with Gasteiger partial charge in [0.05, 0.1) is 0 Å². The lowest BCUT2D eigenvalue weighted by atomic mass is 10.0. The maximum absolute atomic E-state index is 11.5. The van der Waals surface area contributed by atoms with Crippen LogP contribution in [0.4, 0.5) is 0 Å². The van der Waals surface area contributed by atoms with Crippen LogP contribution in [0.5, 0.6) is 0 Å². The highest BCUT2D eigenvalue weighted by atomic mass is 16.4. The number of nitrogens with one attached hydrogen (secondary N) is 1. The van der Waals surface area contributed by atoms with Gasteiger partial charge in [0.2, 0.25) is 0 Å². The Kier molecular flexibility index (Phi) is 2.09. The number of amides is 1. The normalized spacial score (nSPS) is 29.0. The molecule has 2 rings (SSSR count). The second kappa shape index (κ2) is 3.20. The molecule has 0 saturated heterocycles. The number of nitrogens with zero attached hydrogens (tertiary/aromatic N) is 3. The predicted octanol–water partition coefficient (Wildman–Crippen LogP) is -1.67. The van der Waals surface area contributed by atoms with Crippen LogP contribution in [0.3, 0.4) is 0 Å². The van der Waals surface area contributed by atoms with E-state index in [2.05, 4.69) is 20.3 Å². The van der Waals surface area contributed by atoms with E-state index in [-0.39, 0.29) is 11.5 Å². The molecule has 2 unspecified atom stereocenters. The van der Waals surface area contributed by atoms with Gasteiger partial charge in [0.1, 0.15) is 12.3 Å². The van der Waals surface area contributed by atoms with Crippen molar-refractivity contribution < 1.29 is 14.7 Å². The van der Waals surface area contributed by atoms with E-state index in [9.17, 15) is 9.59 Å². The van der Waals surface area contributed by atoms with Crippen molar-refractivity contribution in [3.63, 3.8) is 0 Å². The van der Waals surface area contributed by atoms with E-state index < -0.39 is 23.6 Å². The zero-order chi connectivity index (χ0) is 11.9. The minimum Gasteiger partial charge on any atom is -0.481 e. The average Bonchev–Trinajstić information content (AvgIpc) is 2.64. The van der Waals surface area contributed by atoms with Crippen molar-refractivity contribution in [3.8, 4) is 0 Å². The molecule has 0 bridgehead atoms. The minimum atomic E-state index is -1.68. The van der Waals surface area contributed by atoms with E-state index in [0.29, 0.717) is 0 Å². The van der Waals surface area contributed by atoms with E-state index in [4.69, 9.17) is 10.8 Å². The summed E-state index contributed by atoms with van der Waals surface area (Å²) in [6.45, 7) is 1.35. The van der Waals surface area contributed by atoms with Crippen molar-refractivity contribution in [2.45, 2.75) is 12.7 Å². The Balaban J connectivity index is 2.42. The van der Waals surface area contributed by atoms with Crippen molar-refractivity contribution in [1.82, 2.24) is 5.32 Å². The first kappa shape index (κ1) is 10.4. The summed E-state index contributed by atoms with van der Waals surface area (Å²) in [6.07, 6.45) is 1.17. The zero-order valence-corrected chi connectivity index (χ0v) is 8.34. The molecule has 1 amide bonds. The number of rotatable bonds is 2. The van der Waals surface area contributed by atoms with Gasteiger partial charge in [-0.25, -0.2) is 15.0 Å². The van der Waals surface area contributed by atoms with Crippen molar-refractivity contribution in [1.29, 1.82) is 0 Å². The van der Waals surface area contributed by atoms with Gasteiger partial charge in [-0.2, -0.15) is 0 Å². The Morgan fingerprint density at radius 1 is 1.69 bits per heavy atom. The quantitative estimate of drug-likeness (QED) is 0.516. The van der Waals surface area contributed by atoms with Crippen LogP contribution in [0.1, 0.15) is 6.92 Å². The molecule has 0 aliphatic carbocycles. The molecule has 0 aromatic rings. The number of aliphatic imine (C=N–C) groups is 3. The van der Waals surface area contributed by atoms with Gasteiger partial charge in [0.25, 0.3) is 5.91 Å². The number of hydrogen-bond donors (Lipinski definition) is 3. The number of carbonyl (C=O) groups excluding carboxylic acids is 1. The second-order valence-corrected chi connectivity index (χ2v) is 3.50. The Morgan fingerprint density at radius 3 is 3.00 bits per heavy atom. The van der Waals surface area contributed by atoms with Gasteiger partial charge in [-0.05, 0) is 6.92 Å². The van der Waals surface area contributed by atoms with Gasteiger partial charge in [-0.15, -0.1) is 0 Å². The molecule has 16 heavy (non-hydrogen) atoms. The number of carbonyl (C=O) groups is 2. The molecule has 0 saturated carbocycles. The molecule has 0 aromatic heterocycles. The van der Waals surface area contributed by atoms with Crippen LogP contribution in [0.2, 0.25) is 0 Å². The second-order valence-electron chi connectivity index (χ2n) is 3.50.